The van der Waals surface area contributed by atoms with E-state index in [0.717, 1.165) is 65.9 Å². The fraction of sp³-hybridized carbons (Fsp3) is 0.410. The number of nitrogens with one attached hydrogen (secondary N) is 2. The van der Waals surface area contributed by atoms with Gasteiger partial charge < -0.3 is 29.3 Å². The number of halogens is 3. The van der Waals surface area contributed by atoms with Crippen molar-refractivity contribution < 1.29 is 33.4 Å². The summed E-state index contributed by atoms with van der Waals surface area (Å²) in [4.78, 5) is 37.6. The zero-order valence-electron chi connectivity index (χ0n) is 29.8. The lowest BCUT2D eigenvalue weighted by atomic mass is 9.86. The molecular weight excluding hydrogens is 724 g/mol. The van der Waals surface area contributed by atoms with Crippen molar-refractivity contribution in [3.05, 3.63) is 92.2 Å². The molecule has 0 bridgehead atoms. The summed E-state index contributed by atoms with van der Waals surface area (Å²) in [7, 11) is 3.26. The molecular formula is C39H42Cl2FN5O6. The number of hydroxylamine groups is 1. The number of carbonyl (C=O) groups excluding carboxylic acids is 2. The fourth-order valence-electron chi connectivity index (χ4n) is 7.36. The highest BCUT2D eigenvalue weighted by atomic mass is 35.5. The number of hydrogen-bond donors (Lipinski definition) is 3. The van der Waals surface area contributed by atoms with Gasteiger partial charge in [-0.15, -0.1) is 5.48 Å². The normalized spacial score (nSPS) is 17.5. The largest absolute Gasteiger partial charge is 0.496 e. The Morgan fingerprint density at radius 3 is 2.58 bits per heavy atom. The Bertz CT molecular complexity index is 2050. The highest BCUT2D eigenvalue weighted by Crippen LogP contribution is 2.45. The van der Waals surface area contributed by atoms with E-state index in [4.69, 9.17) is 37.5 Å². The number of benzene rings is 3. The van der Waals surface area contributed by atoms with Gasteiger partial charge in [0.15, 0.2) is 11.6 Å². The predicted octanol–water partition coefficient (Wildman–Crippen LogP) is 6.95. The first-order valence-corrected chi connectivity index (χ1v) is 18.6. The molecule has 7 rings (SSSR count). The van der Waals surface area contributed by atoms with Gasteiger partial charge in [0.25, 0.3) is 5.91 Å². The minimum atomic E-state index is -0.727. The second kappa shape index (κ2) is 15.6. The summed E-state index contributed by atoms with van der Waals surface area (Å²) in [5, 5.41) is 12.8. The molecule has 1 aromatic heterocycles. The molecule has 53 heavy (non-hydrogen) atoms. The van der Waals surface area contributed by atoms with Gasteiger partial charge in [-0.25, -0.2) is 9.37 Å². The Kier molecular flexibility index (Phi) is 11.0. The maximum absolute atomic E-state index is 15.6. The molecule has 280 valence electrons. The third-order valence-corrected chi connectivity index (χ3v) is 11.5. The molecule has 0 radical (unpaired) electrons. The van der Waals surface area contributed by atoms with Crippen molar-refractivity contribution in [1.82, 2.24) is 19.9 Å². The van der Waals surface area contributed by atoms with Crippen molar-refractivity contribution in [2.75, 3.05) is 25.6 Å². The minimum Gasteiger partial charge on any atom is -0.496 e. The minimum absolute atomic E-state index is 0.00479. The van der Waals surface area contributed by atoms with Crippen LogP contribution in [-0.4, -0.2) is 57.7 Å². The molecule has 11 nitrogen and oxygen atoms in total. The Morgan fingerprint density at radius 1 is 1.08 bits per heavy atom. The van der Waals surface area contributed by atoms with E-state index in [2.05, 4.69) is 20.7 Å². The van der Waals surface area contributed by atoms with E-state index in [-0.39, 0.29) is 59.1 Å². The fourth-order valence-corrected chi connectivity index (χ4v) is 7.85. The lowest BCUT2D eigenvalue weighted by Gasteiger charge is -2.30. The number of aliphatic hydroxyl groups excluding tert-OH is 1. The van der Waals surface area contributed by atoms with E-state index in [1.807, 2.05) is 48.9 Å². The highest BCUT2D eigenvalue weighted by molar-refractivity contribution is 6.36. The number of carbonyl (C=O) groups is 2. The molecule has 1 aliphatic heterocycles. The highest BCUT2D eigenvalue weighted by Gasteiger charge is 2.31. The van der Waals surface area contributed by atoms with Gasteiger partial charge in [-0.05, 0) is 55.4 Å². The number of ether oxygens (including phenoxy) is 2. The van der Waals surface area contributed by atoms with Crippen LogP contribution < -0.4 is 20.3 Å². The molecule has 2 aliphatic carbocycles. The number of fused-ring (bicyclic) bond motifs is 2. The van der Waals surface area contributed by atoms with Crippen LogP contribution in [0.3, 0.4) is 0 Å². The van der Waals surface area contributed by atoms with Gasteiger partial charge in [-0.1, -0.05) is 60.0 Å². The summed E-state index contributed by atoms with van der Waals surface area (Å²) in [6.45, 7) is 3.24. The molecule has 14 heteroatoms. The quantitative estimate of drug-likeness (QED) is 0.131. The van der Waals surface area contributed by atoms with Gasteiger partial charge in [-0.3, -0.25) is 14.5 Å². The van der Waals surface area contributed by atoms with E-state index in [1.54, 1.807) is 12.1 Å². The number of aromatic nitrogens is 2. The van der Waals surface area contributed by atoms with Gasteiger partial charge >= 0.3 is 5.97 Å². The average molecular weight is 767 g/mol. The van der Waals surface area contributed by atoms with Crippen molar-refractivity contribution >= 4 is 40.8 Å². The third kappa shape index (κ3) is 7.23. The van der Waals surface area contributed by atoms with E-state index < -0.39 is 11.9 Å². The first-order chi connectivity index (χ1) is 25.6. The summed E-state index contributed by atoms with van der Waals surface area (Å²) in [6.07, 6.45) is 4.16. The molecule has 3 N–H and O–H groups in total. The van der Waals surface area contributed by atoms with E-state index in [1.165, 1.54) is 7.11 Å². The monoisotopic (exact) mass is 765 g/mol. The molecule has 1 fully saturated rings. The molecule has 2 heterocycles. The van der Waals surface area contributed by atoms with Gasteiger partial charge in [0, 0.05) is 55.5 Å². The Morgan fingerprint density at radius 2 is 1.85 bits per heavy atom. The Labute approximate surface area is 317 Å². The maximum atomic E-state index is 15.6. The van der Waals surface area contributed by atoms with Crippen molar-refractivity contribution in [2.24, 2.45) is 13.0 Å². The second-order valence-electron chi connectivity index (χ2n) is 13.8. The lowest BCUT2D eigenvalue weighted by Crippen LogP contribution is -2.39. The molecule has 1 amide bonds. The van der Waals surface area contributed by atoms with Gasteiger partial charge in [0.2, 0.25) is 0 Å². The molecule has 1 saturated carbocycles. The zero-order chi connectivity index (χ0) is 37.4. The van der Waals surface area contributed by atoms with Crippen LogP contribution in [0.5, 0.6) is 11.5 Å². The van der Waals surface area contributed by atoms with Gasteiger partial charge in [0.1, 0.15) is 22.6 Å². The molecule has 0 spiro atoms. The van der Waals surface area contributed by atoms with Crippen LogP contribution in [0.4, 0.5) is 10.1 Å². The van der Waals surface area contributed by atoms with Crippen LogP contribution in [-0.2, 0) is 42.6 Å². The molecule has 2 atom stereocenters. The number of hydrogen-bond acceptors (Lipinski definition) is 9. The van der Waals surface area contributed by atoms with Crippen molar-refractivity contribution in [3.8, 4) is 22.6 Å². The van der Waals surface area contributed by atoms with Gasteiger partial charge in [-0.2, -0.15) is 0 Å². The number of amides is 1. The number of methoxy groups -OCH3 is 1. The first kappa shape index (κ1) is 37.1. The van der Waals surface area contributed by atoms with Crippen LogP contribution in [0.15, 0.2) is 42.5 Å². The van der Waals surface area contributed by atoms with Crippen molar-refractivity contribution in [2.45, 2.75) is 70.7 Å². The van der Waals surface area contributed by atoms with E-state index in [9.17, 15) is 14.7 Å². The van der Waals surface area contributed by atoms with Crippen LogP contribution in [0.1, 0.15) is 77.4 Å². The predicted molar refractivity (Wildman–Crippen MR) is 199 cm³/mol. The standard InChI is InChI=1S/C39H42Cl2FN5O6/c1-21(20-48)47-16-15-30-29(19-47)44-37(46(30)2)38(49)45-28-12-6-11-26(34(28)40)23-9-5-10-25-24(23)13-14-31(25)52-33-17-32(51-3)27(36(42)35(33)41)18-43-53-39(50)22-7-4-8-22/h5-6,9-12,17,21-22,31,43,48H,4,7-8,13-16,18-20H2,1-3H3,(H,45,49). The first-order valence-electron chi connectivity index (χ1n) is 17.9. The zero-order valence-corrected chi connectivity index (χ0v) is 31.3. The molecule has 0 saturated heterocycles. The molecule has 3 aromatic carbocycles. The van der Waals surface area contributed by atoms with Crippen LogP contribution in [0.25, 0.3) is 11.1 Å². The Hall–Kier alpha value is -4.20. The average Bonchev–Trinajstić information content (AvgIpc) is 3.70. The second-order valence-corrected chi connectivity index (χ2v) is 14.6. The third-order valence-electron chi connectivity index (χ3n) is 10.7. The number of aliphatic hydroxyl groups is 1. The molecule has 4 aromatic rings. The van der Waals surface area contributed by atoms with E-state index >= 15 is 4.39 Å². The topological polar surface area (TPSA) is 127 Å². The lowest BCUT2D eigenvalue weighted by molar-refractivity contribution is -0.159. The maximum Gasteiger partial charge on any atom is 0.327 e. The van der Waals surface area contributed by atoms with Crippen LogP contribution >= 0.6 is 23.2 Å². The number of imidazole rings is 1. The summed E-state index contributed by atoms with van der Waals surface area (Å²) >= 11 is 13.5. The molecule has 2 unspecified atom stereocenters. The summed E-state index contributed by atoms with van der Waals surface area (Å²) < 4.78 is 29.3. The van der Waals surface area contributed by atoms with Crippen molar-refractivity contribution in [3.63, 3.8) is 0 Å². The molecule has 3 aliphatic rings. The van der Waals surface area contributed by atoms with Crippen molar-refractivity contribution in [1.29, 1.82) is 0 Å². The summed E-state index contributed by atoms with van der Waals surface area (Å²) in [5.41, 5.74) is 8.54. The number of nitrogens with zero attached hydrogens (tertiary/aromatic N) is 3. The summed E-state index contributed by atoms with van der Waals surface area (Å²) in [5.74, 6) is -0.949. The van der Waals surface area contributed by atoms with Gasteiger partial charge in [0.05, 0.1) is 42.6 Å². The van der Waals surface area contributed by atoms with Crippen LogP contribution in [0, 0.1) is 11.7 Å². The van der Waals surface area contributed by atoms with E-state index in [0.29, 0.717) is 35.9 Å². The summed E-state index contributed by atoms with van der Waals surface area (Å²) in [6, 6.07) is 12.9. The number of rotatable bonds is 12. The smallest absolute Gasteiger partial charge is 0.327 e. The van der Waals surface area contributed by atoms with Crippen LogP contribution in [0.2, 0.25) is 10.0 Å². The Balaban J connectivity index is 1.08. The number of anilines is 1. The SMILES string of the molecule is COc1cc(OC2CCc3c(-c4cccc(NC(=O)c5nc6c(n5C)CCN(C(C)CO)C6)c4Cl)cccc32)c(Cl)c(F)c1CNOC(=O)C1CCC1.